The van der Waals surface area contributed by atoms with Gasteiger partial charge in [0.1, 0.15) is 11.3 Å². The zero-order valence-corrected chi connectivity index (χ0v) is 20.0. The van der Waals surface area contributed by atoms with E-state index in [0.29, 0.717) is 28.0 Å². The van der Waals surface area contributed by atoms with E-state index in [0.717, 1.165) is 27.6 Å². The number of nitrogens with one attached hydrogen (secondary N) is 1. The number of nitrogens with zero attached hydrogens (tertiary/aromatic N) is 1. The maximum absolute atomic E-state index is 13.5. The highest BCUT2D eigenvalue weighted by Gasteiger charge is 2.21. The Kier molecular flexibility index (Phi) is 5.44. The van der Waals surface area contributed by atoms with Crippen molar-refractivity contribution in [1.29, 1.82) is 0 Å². The molecule has 5 rings (SSSR count). The van der Waals surface area contributed by atoms with Crippen LogP contribution in [0.15, 0.2) is 76.1 Å². The second kappa shape index (κ2) is 8.47. The van der Waals surface area contributed by atoms with E-state index in [1.165, 1.54) is 0 Å². The van der Waals surface area contributed by atoms with Crippen LogP contribution in [-0.4, -0.2) is 15.6 Å². The molecule has 2 heterocycles. The molecule has 176 valence electrons. The number of hydrogen-bond acceptors (Lipinski definition) is 4. The lowest BCUT2D eigenvalue weighted by atomic mass is 9.98. The Balaban J connectivity index is 1.72. The molecule has 35 heavy (non-hydrogen) atoms. The van der Waals surface area contributed by atoms with Gasteiger partial charge in [-0.1, -0.05) is 36.4 Å². The molecule has 0 saturated carbocycles. The van der Waals surface area contributed by atoms with Crippen LogP contribution >= 0.6 is 0 Å². The van der Waals surface area contributed by atoms with E-state index in [9.17, 15) is 14.7 Å². The summed E-state index contributed by atoms with van der Waals surface area (Å²) in [5.41, 5.74) is 5.31. The highest BCUT2D eigenvalue weighted by Crippen LogP contribution is 2.36. The highest BCUT2D eigenvalue weighted by molar-refractivity contribution is 5.97. The lowest BCUT2D eigenvalue weighted by molar-refractivity contribution is 0.0698. The molecule has 3 aromatic carbocycles. The topological polar surface area (TPSA) is 84.5 Å². The van der Waals surface area contributed by atoms with Crippen molar-refractivity contribution >= 4 is 33.5 Å². The van der Waals surface area contributed by atoms with Crippen LogP contribution in [0.3, 0.4) is 0 Å². The van der Waals surface area contributed by atoms with Crippen LogP contribution in [0.2, 0.25) is 0 Å². The van der Waals surface area contributed by atoms with Crippen molar-refractivity contribution in [3.05, 3.63) is 99.3 Å². The molecule has 1 unspecified atom stereocenters. The number of rotatable bonds is 5. The normalized spacial score (nSPS) is 12.2. The standard InChI is InChI=1S/C29H26N2O4/c1-16-13-21(18(3)30-24-11-7-5-10-20(24)29(33)34)28-22(14-16)26(32)17(2)27(35-28)23-15-31(4)25-12-8-6-9-19(23)25/h5-15,18,30H,1-4H3,(H,33,34). The first kappa shape index (κ1) is 22.5. The van der Waals surface area contributed by atoms with Gasteiger partial charge in [-0.25, -0.2) is 4.79 Å². The smallest absolute Gasteiger partial charge is 0.337 e. The molecule has 0 saturated heterocycles. The molecular weight excluding hydrogens is 440 g/mol. The third-order valence-corrected chi connectivity index (χ3v) is 6.53. The van der Waals surface area contributed by atoms with Crippen LogP contribution in [0.4, 0.5) is 5.69 Å². The van der Waals surface area contributed by atoms with Gasteiger partial charge in [-0.2, -0.15) is 0 Å². The van der Waals surface area contributed by atoms with Crippen LogP contribution in [0, 0.1) is 13.8 Å². The molecule has 0 spiro atoms. The largest absolute Gasteiger partial charge is 0.478 e. The van der Waals surface area contributed by atoms with Crippen LogP contribution in [0.5, 0.6) is 0 Å². The second-order valence-electron chi connectivity index (χ2n) is 9.00. The zero-order valence-electron chi connectivity index (χ0n) is 20.0. The van der Waals surface area contributed by atoms with E-state index in [2.05, 4.69) is 5.32 Å². The van der Waals surface area contributed by atoms with Crippen LogP contribution < -0.4 is 10.7 Å². The number of aromatic nitrogens is 1. The number of aromatic carboxylic acids is 1. The molecule has 0 aliphatic heterocycles. The molecule has 0 aliphatic rings. The van der Waals surface area contributed by atoms with Gasteiger partial charge in [-0.15, -0.1) is 0 Å². The molecule has 2 N–H and O–H groups in total. The van der Waals surface area contributed by atoms with Gasteiger partial charge in [0, 0.05) is 46.5 Å². The Morgan fingerprint density at radius 1 is 1.03 bits per heavy atom. The summed E-state index contributed by atoms with van der Waals surface area (Å²) in [6.07, 6.45) is 1.99. The third kappa shape index (κ3) is 3.77. The maximum Gasteiger partial charge on any atom is 0.337 e. The second-order valence-corrected chi connectivity index (χ2v) is 9.00. The summed E-state index contributed by atoms with van der Waals surface area (Å²) in [4.78, 5) is 25.2. The predicted molar refractivity (Wildman–Crippen MR) is 139 cm³/mol. The monoisotopic (exact) mass is 466 g/mol. The van der Waals surface area contributed by atoms with E-state index in [4.69, 9.17) is 4.42 Å². The van der Waals surface area contributed by atoms with Gasteiger partial charge in [0.25, 0.3) is 0 Å². The minimum absolute atomic E-state index is 0.0720. The first-order chi connectivity index (χ1) is 16.8. The number of benzene rings is 3. The van der Waals surface area contributed by atoms with Gasteiger partial charge in [-0.05, 0) is 50.6 Å². The maximum atomic E-state index is 13.5. The SMILES string of the molecule is Cc1cc(C(C)Nc2ccccc2C(=O)O)c2oc(-c3cn(C)c4ccccc34)c(C)c(=O)c2c1. The van der Waals surface area contributed by atoms with Gasteiger partial charge in [0.05, 0.1) is 17.0 Å². The molecule has 0 fully saturated rings. The fraction of sp³-hybridized carbons (Fsp3) is 0.172. The Morgan fingerprint density at radius 2 is 1.74 bits per heavy atom. The number of anilines is 1. The molecule has 0 radical (unpaired) electrons. The number of hydrogen-bond donors (Lipinski definition) is 2. The predicted octanol–water partition coefficient (Wildman–Crippen LogP) is 6.44. The molecule has 1 atom stereocenters. The number of para-hydroxylation sites is 2. The Morgan fingerprint density at radius 3 is 2.51 bits per heavy atom. The lowest BCUT2D eigenvalue weighted by Crippen LogP contribution is -2.14. The molecular formula is C29H26N2O4. The van der Waals surface area contributed by atoms with E-state index in [1.807, 2.05) is 68.1 Å². The van der Waals surface area contributed by atoms with Gasteiger partial charge in [-0.3, -0.25) is 4.79 Å². The van der Waals surface area contributed by atoms with Crippen molar-refractivity contribution in [3.63, 3.8) is 0 Å². The first-order valence-electron chi connectivity index (χ1n) is 11.5. The first-order valence-corrected chi connectivity index (χ1v) is 11.5. The quantitative estimate of drug-likeness (QED) is 0.311. The number of carboxylic acids is 1. The zero-order chi connectivity index (χ0) is 24.9. The van der Waals surface area contributed by atoms with Crippen molar-refractivity contribution in [1.82, 2.24) is 4.57 Å². The molecule has 0 aliphatic carbocycles. The number of carbonyl (C=O) groups is 1. The number of carboxylic acid groups (broad SMARTS) is 1. The number of fused-ring (bicyclic) bond motifs is 2. The minimum atomic E-state index is -1.00. The van der Waals surface area contributed by atoms with Crippen molar-refractivity contribution in [2.24, 2.45) is 7.05 Å². The number of aryl methyl sites for hydroxylation is 2. The van der Waals surface area contributed by atoms with Crippen molar-refractivity contribution in [2.45, 2.75) is 26.8 Å². The fourth-order valence-electron chi connectivity index (χ4n) is 4.78. The molecule has 2 aromatic heterocycles. The van der Waals surface area contributed by atoms with Crippen molar-refractivity contribution < 1.29 is 14.3 Å². The van der Waals surface area contributed by atoms with Crippen LogP contribution in [0.1, 0.15) is 40.0 Å². The Bertz CT molecular complexity index is 1680. The van der Waals surface area contributed by atoms with Crippen LogP contribution in [0.25, 0.3) is 33.2 Å². The third-order valence-electron chi connectivity index (χ3n) is 6.53. The average molecular weight is 467 g/mol. The fourth-order valence-corrected chi connectivity index (χ4v) is 4.78. The molecule has 5 aromatic rings. The molecule has 6 heteroatoms. The summed E-state index contributed by atoms with van der Waals surface area (Å²) in [6.45, 7) is 5.67. The minimum Gasteiger partial charge on any atom is -0.478 e. The summed E-state index contributed by atoms with van der Waals surface area (Å²) in [7, 11) is 1.97. The summed E-state index contributed by atoms with van der Waals surface area (Å²) in [6, 6.07) is 18.3. The summed E-state index contributed by atoms with van der Waals surface area (Å²) in [5.74, 6) is -0.461. The van der Waals surface area contributed by atoms with Gasteiger partial charge >= 0.3 is 5.97 Å². The average Bonchev–Trinajstić information content (AvgIpc) is 3.17. The highest BCUT2D eigenvalue weighted by atomic mass is 16.4. The van der Waals surface area contributed by atoms with Gasteiger partial charge in [0.15, 0.2) is 5.43 Å². The molecule has 0 bridgehead atoms. The molecule has 0 amide bonds. The van der Waals surface area contributed by atoms with Gasteiger partial charge in [0.2, 0.25) is 0 Å². The van der Waals surface area contributed by atoms with E-state index < -0.39 is 5.97 Å². The summed E-state index contributed by atoms with van der Waals surface area (Å²) >= 11 is 0. The Labute approximate surface area is 202 Å². The molecule has 6 nitrogen and oxygen atoms in total. The summed E-state index contributed by atoms with van der Waals surface area (Å²) < 4.78 is 8.56. The van der Waals surface area contributed by atoms with E-state index in [1.54, 1.807) is 31.2 Å². The van der Waals surface area contributed by atoms with Crippen molar-refractivity contribution in [3.8, 4) is 11.3 Å². The lowest BCUT2D eigenvalue weighted by Gasteiger charge is -2.20. The Hall–Kier alpha value is -4.32. The van der Waals surface area contributed by atoms with Crippen molar-refractivity contribution in [2.75, 3.05) is 5.32 Å². The van der Waals surface area contributed by atoms with E-state index in [-0.39, 0.29) is 17.0 Å². The van der Waals surface area contributed by atoms with Crippen LogP contribution in [-0.2, 0) is 7.05 Å². The van der Waals surface area contributed by atoms with Gasteiger partial charge < -0.3 is 19.4 Å². The summed E-state index contributed by atoms with van der Waals surface area (Å²) in [5, 5.41) is 14.4. The van der Waals surface area contributed by atoms with E-state index >= 15 is 0 Å².